The molecule has 14 nitrogen and oxygen atoms in total. The monoisotopic (exact) mass is 344 g/mol. The number of ether oxygens (including phenoxy) is 1. The predicted molar refractivity (Wildman–Crippen MR) is 77.0 cm³/mol. The molecule has 1 rings (SSSR count). The van der Waals surface area contributed by atoms with E-state index in [0.29, 0.717) is 5.69 Å². The van der Waals surface area contributed by atoms with Crippen molar-refractivity contribution < 1.29 is 24.5 Å². The number of aromatic nitrogens is 3. The third kappa shape index (κ3) is 7.53. The summed E-state index contributed by atoms with van der Waals surface area (Å²) in [6.07, 6.45) is 0.677. The molecule has 6 N–H and O–H groups in total. The maximum absolute atomic E-state index is 11.5. The summed E-state index contributed by atoms with van der Waals surface area (Å²) in [7, 11) is 0. The number of guanidine groups is 1. The number of carboxylic acid groups (broad SMARTS) is 1. The number of hydrazine groups is 1. The molecule has 1 aromatic heterocycles. The van der Waals surface area contributed by atoms with E-state index in [1.54, 1.807) is 5.43 Å². The smallest absolute Gasteiger partial charge is 0.408 e. The van der Waals surface area contributed by atoms with E-state index in [2.05, 4.69) is 25.7 Å². The predicted octanol–water partition coefficient (Wildman–Crippen LogP) is -1.64. The number of aliphatic imine (C=N–C) groups is 1. The maximum Gasteiger partial charge on any atom is 0.408 e. The average Bonchev–Trinajstić information content (AvgIpc) is 3.00. The van der Waals surface area contributed by atoms with Crippen molar-refractivity contribution in [2.24, 2.45) is 10.7 Å². The van der Waals surface area contributed by atoms with Gasteiger partial charge in [-0.1, -0.05) is 5.43 Å². The number of amides is 1. The molecule has 0 unspecified atom stereocenters. The normalized spacial score (nSPS) is 12.2. The molecule has 1 aromatic rings. The topological polar surface area (TPSA) is 211 Å². The Morgan fingerprint density at radius 1 is 1.58 bits per heavy atom. The van der Waals surface area contributed by atoms with Gasteiger partial charge < -0.3 is 20.9 Å². The molecule has 0 saturated carbocycles. The van der Waals surface area contributed by atoms with Gasteiger partial charge in [-0.05, 0) is 12.8 Å². The minimum absolute atomic E-state index is 0.0314. The van der Waals surface area contributed by atoms with Gasteiger partial charge in [-0.15, -0.1) is 0 Å². The lowest BCUT2D eigenvalue weighted by Crippen LogP contribution is -2.41. The zero-order valence-corrected chi connectivity index (χ0v) is 12.3. The molecule has 132 valence electrons. The number of nitrogens with one attached hydrogen (secondary N) is 3. The van der Waals surface area contributed by atoms with Crippen LogP contribution in [0, 0.1) is 10.1 Å². The summed E-state index contributed by atoms with van der Waals surface area (Å²) in [5.41, 5.74) is 7.22. The molecular formula is C10H16N8O6. The number of H-pyrrole nitrogens is 1. The minimum Gasteiger partial charge on any atom is -0.480 e. The van der Waals surface area contributed by atoms with Crippen LogP contribution in [-0.4, -0.2) is 56.2 Å². The van der Waals surface area contributed by atoms with Crippen molar-refractivity contribution in [1.82, 2.24) is 26.2 Å². The lowest BCUT2D eigenvalue weighted by molar-refractivity contribution is -0.525. The number of nitro groups is 1. The highest BCUT2D eigenvalue weighted by Crippen LogP contribution is 2.00. The Labute approximate surface area is 134 Å². The van der Waals surface area contributed by atoms with Gasteiger partial charge in [-0.2, -0.15) is 15.4 Å². The average molecular weight is 344 g/mol. The van der Waals surface area contributed by atoms with Gasteiger partial charge >= 0.3 is 12.1 Å². The number of hydrogen-bond acceptors (Lipinski definition) is 8. The summed E-state index contributed by atoms with van der Waals surface area (Å²) >= 11 is 0. The molecular weight excluding hydrogens is 328 g/mol. The highest BCUT2D eigenvalue weighted by molar-refractivity contribution is 5.79. The van der Waals surface area contributed by atoms with E-state index < -0.39 is 29.1 Å². The second kappa shape index (κ2) is 9.54. The minimum atomic E-state index is -1.26. The van der Waals surface area contributed by atoms with Crippen LogP contribution in [0.25, 0.3) is 0 Å². The molecule has 1 amide bonds. The lowest BCUT2D eigenvalue weighted by Gasteiger charge is -2.13. The third-order valence-corrected chi connectivity index (χ3v) is 2.55. The first kappa shape index (κ1) is 18.6. The van der Waals surface area contributed by atoms with Crippen LogP contribution < -0.4 is 16.5 Å². The van der Waals surface area contributed by atoms with Crippen LogP contribution in [0.15, 0.2) is 11.2 Å². The van der Waals surface area contributed by atoms with Crippen molar-refractivity contribution >= 4 is 18.0 Å². The zero-order chi connectivity index (χ0) is 17.9. The van der Waals surface area contributed by atoms with E-state index in [1.165, 1.54) is 6.20 Å². The number of alkyl carbamates (subject to hydrolysis) is 1. The van der Waals surface area contributed by atoms with Gasteiger partial charge in [0.1, 0.15) is 18.3 Å². The molecule has 24 heavy (non-hydrogen) atoms. The van der Waals surface area contributed by atoms with Gasteiger partial charge in [-0.25, -0.2) is 24.7 Å². The molecule has 0 bridgehead atoms. The van der Waals surface area contributed by atoms with Gasteiger partial charge in [0.25, 0.3) is 5.96 Å². The Morgan fingerprint density at radius 2 is 2.33 bits per heavy atom. The first-order valence-corrected chi connectivity index (χ1v) is 6.60. The Bertz CT molecular complexity index is 588. The maximum atomic E-state index is 11.5. The number of carboxylic acids is 1. The first-order chi connectivity index (χ1) is 11.4. The van der Waals surface area contributed by atoms with Crippen molar-refractivity contribution in [3.05, 3.63) is 22.0 Å². The van der Waals surface area contributed by atoms with Crippen LogP contribution in [-0.2, 0) is 16.1 Å². The van der Waals surface area contributed by atoms with Crippen LogP contribution in [0.2, 0.25) is 0 Å². The Morgan fingerprint density at radius 3 is 2.92 bits per heavy atom. The van der Waals surface area contributed by atoms with Crippen LogP contribution >= 0.6 is 0 Å². The first-order valence-electron chi connectivity index (χ1n) is 6.60. The fourth-order valence-electron chi connectivity index (χ4n) is 1.50. The van der Waals surface area contributed by atoms with Crippen LogP contribution in [0.5, 0.6) is 0 Å². The molecule has 0 aliphatic rings. The highest BCUT2D eigenvalue weighted by atomic mass is 16.7. The summed E-state index contributed by atoms with van der Waals surface area (Å²) in [5, 5.41) is 30.0. The van der Waals surface area contributed by atoms with Gasteiger partial charge in [0, 0.05) is 6.54 Å². The summed E-state index contributed by atoms with van der Waals surface area (Å²) in [4.78, 5) is 36.3. The van der Waals surface area contributed by atoms with E-state index in [0.717, 1.165) is 0 Å². The molecule has 0 aliphatic heterocycles. The van der Waals surface area contributed by atoms with E-state index >= 15 is 0 Å². The fraction of sp³-hybridized carbons (Fsp3) is 0.500. The van der Waals surface area contributed by atoms with Crippen molar-refractivity contribution in [3.63, 3.8) is 0 Å². The van der Waals surface area contributed by atoms with Gasteiger partial charge in [0.2, 0.25) is 0 Å². The van der Waals surface area contributed by atoms with Crippen molar-refractivity contribution in [2.75, 3.05) is 6.54 Å². The third-order valence-electron chi connectivity index (χ3n) is 2.55. The Kier molecular flexibility index (Phi) is 7.40. The number of nitrogens with two attached hydrogens (primary N) is 1. The Hall–Kier alpha value is -3.45. The van der Waals surface area contributed by atoms with Crippen LogP contribution in [0.4, 0.5) is 4.79 Å². The number of rotatable bonds is 9. The van der Waals surface area contributed by atoms with Crippen molar-refractivity contribution in [1.29, 1.82) is 0 Å². The number of carbonyl (C=O) groups excluding carboxylic acids is 1. The quantitative estimate of drug-likeness (QED) is 0.113. The molecule has 0 aliphatic carbocycles. The summed E-state index contributed by atoms with van der Waals surface area (Å²) in [6, 6.07) is -1.20. The van der Waals surface area contributed by atoms with E-state index in [1.807, 2.05) is 0 Å². The Balaban J connectivity index is 2.34. The molecule has 1 heterocycles. The van der Waals surface area contributed by atoms with E-state index in [-0.39, 0.29) is 26.0 Å². The van der Waals surface area contributed by atoms with Crippen LogP contribution in [0.3, 0.4) is 0 Å². The number of hydrogen-bond donors (Lipinski definition) is 5. The van der Waals surface area contributed by atoms with E-state index in [4.69, 9.17) is 15.6 Å². The van der Waals surface area contributed by atoms with Crippen molar-refractivity contribution in [3.8, 4) is 0 Å². The summed E-state index contributed by atoms with van der Waals surface area (Å²) in [5.74, 6) is -1.65. The second-order valence-electron chi connectivity index (χ2n) is 4.35. The SMILES string of the molecule is NC(=NCCC[C@H](NC(=O)OCc1cn[nH]n1)C(=O)O)N[N+](=O)[O-]. The molecule has 1 atom stereocenters. The van der Waals surface area contributed by atoms with Gasteiger partial charge in [0.05, 0.1) is 6.20 Å². The van der Waals surface area contributed by atoms with Gasteiger partial charge in [-0.3, -0.25) is 0 Å². The second-order valence-corrected chi connectivity index (χ2v) is 4.35. The van der Waals surface area contributed by atoms with Crippen LogP contribution in [0.1, 0.15) is 18.5 Å². The number of carbonyl (C=O) groups is 2. The summed E-state index contributed by atoms with van der Waals surface area (Å²) < 4.78 is 4.79. The lowest BCUT2D eigenvalue weighted by atomic mass is 10.1. The molecule has 0 fully saturated rings. The fourth-order valence-corrected chi connectivity index (χ4v) is 1.50. The zero-order valence-electron chi connectivity index (χ0n) is 12.3. The number of aromatic amines is 1. The molecule has 0 radical (unpaired) electrons. The molecule has 14 heteroatoms. The van der Waals surface area contributed by atoms with Gasteiger partial charge in [0.15, 0.2) is 5.03 Å². The number of nitrogens with zero attached hydrogens (tertiary/aromatic N) is 4. The standard InChI is InChI=1S/C10H16N8O6/c11-9(16-18(22)23)12-3-1-2-7(8(19)20)14-10(21)24-5-6-4-13-17-15-6/h4,7H,1-3,5H2,(H,14,21)(H,19,20)(H3,11,12,16)(H,13,15,17)/t7-/m0/s1. The number of aliphatic carboxylic acids is 1. The summed E-state index contributed by atoms with van der Waals surface area (Å²) in [6.45, 7) is -0.117. The largest absolute Gasteiger partial charge is 0.480 e. The van der Waals surface area contributed by atoms with E-state index in [9.17, 15) is 19.7 Å². The van der Waals surface area contributed by atoms with Crippen molar-refractivity contribution in [2.45, 2.75) is 25.5 Å². The molecule has 0 aromatic carbocycles. The highest BCUT2D eigenvalue weighted by Gasteiger charge is 2.20. The molecule has 0 saturated heterocycles. The molecule has 0 spiro atoms.